The predicted octanol–water partition coefficient (Wildman–Crippen LogP) is 21.4. The molecule has 1 amide bonds. The van der Waals surface area contributed by atoms with Crippen LogP contribution >= 0.6 is 7.82 Å². The van der Waals surface area contributed by atoms with Crippen LogP contribution in [-0.2, 0) is 18.4 Å². The number of nitrogens with zero attached hydrogens (tertiary/aromatic N) is 1. The smallest absolute Gasteiger partial charge is 0.387 e. The predicted molar refractivity (Wildman–Crippen MR) is 341 cm³/mol. The Bertz CT molecular complexity index is 1410. The SMILES string of the molecule is CCCCCCC/C=C\C/C=C\C/C=C\CCCCCCCCCCCCCCCCCCCCC(=O)NC(COP(=O)(O)OCC[N+](C)(C)C)C(O)/C=C/CCCCCCCCCCCCCCCCCCCCCCC. The number of hydrogen-bond donors (Lipinski definition) is 3. The first-order valence-electron chi connectivity index (χ1n) is 34.0. The summed E-state index contributed by atoms with van der Waals surface area (Å²) in [4.78, 5) is 23.4. The lowest BCUT2D eigenvalue weighted by atomic mass is 10.0. The van der Waals surface area contributed by atoms with Crippen molar-refractivity contribution < 1.29 is 32.9 Å². The van der Waals surface area contributed by atoms with Crippen LogP contribution in [0.4, 0.5) is 0 Å². The fourth-order valence-electron chi connectivity index (χ4n) is 10.2. The molecule has 0 saturated heterocycles. The quantitative estimate of drug-likeness (QED) is 0.0243. The minimum absolute atomic E-state index is 0.0626. The molecule has 0 rings (SSSR count). The van der Waals surface area contributed by atoms with Crippen molar-refractivity contribution in [1.29, 1.82) is 0 Å². The number of phosphoric acid groups is 1. The summed E-state index contributed by atoms with van der Waals surface area (Å²) in [5.41, 5.74) is 0. The summed E-state index contributed by atoms with van der Waals surface area (Å²) in [6.45, 7) is 4.85. The average molecular weight is 1120 g/mol. The molecule has 3 atom stereocenters. The van der Waals surface area contributed by atoms with E-state index >= 15 is 0 Å². The van der Waals surface area contributed by atoms with E-state index in [2.05, 4.69) is 55.6 Å². The molecule has 0 heterocycles. The molecular formula is C69H134N2O6P+. The molecule has 8 nitrogen and oxygen atoms in total. The van der Waals surface area contributed by atoms with Gasteiger partial charge in [-0.2, -0.15) is 0 Å². The number of nitrogens with one attached hydrogen (secondary N) is 1. The summed E-state index contributed by atoms with van der Waals surface area (Å²) in [6, 6.07) is -0.847. The lowest BCUT2D eigenvalue weighted by Crippen LogP contribution is -2.45. The van der Waals surface area contributed by atoms with Crippen LogP contribution in [0.1, 0.15) is 335 Å². The van der Waals surface area contributed by atoms with E-state index in [1.807, 2.05) is 27.2 Å². The number of aliphatic hydroxyl groups is 1. The number of allylic oxidation sites excluding steroid dienone is 7. The minimum Gasteiger partial charge on any atom is -0.387 e. The number of quaternary nitrogens is 1. The molecule has 460 valence electrons. The van der Waals surface area contributed by atoms with Crippen molar-refractivity contribution in [3.63, 3.8) is 0 Å². The van der Waals surface area contributed by atoms with Crippen LogP contribution in [0.15, 0.2) is 48.6 Å². The van der Waals surface area contributed by atoms with Gasteiger partial charge < -0.3 is 19.8 Å². The average Bonchev–Trinajstić information content (AvgIpc) is 3.41. The molecule has 0 aromatic heterocycles. The topological polar surface area (TPSA) is 105 Å². The van der Waals surface area contributed by atoms with E-state index < -0.39 is 20.0 Å². The van der Waals surface area contributed by atoms with Crippen LogP contribution in [0.2, 0.25) is 0 Å². The molecule has 9 heteroatoms. The molecule has 0 aromatic rings. The van der Waals surface area contributed by atoms with Crippen molar-refractivity contribution in [2.75, 3.05) is 40.9 Å². The molecule has 78 heavy (non-hydrogen) atoms. The molecule has 0 aliphatic heterocycles. The number of aliphatic hydroxyl groups excluding tert-OH is 1. The number of rotatable bonds is 63. The van der Waals surface area contributed by atoms with Crippen LogP contribution in [0.3, 0.4) is 0 Å². The van der Waals surface area contributed by atoms with Gasteiger partial charge in [-0.25, -0.2) is 4.57 Å². The van der Waals surface area contributed by atoms with Gasteiger partial charge in [0.05, 0.1) is 39.9 Å². The number of carbonyl (C=O) groups excluding carboxylic acids is 1. The summed E-state index contributed by atoms with van der Waals surface area (Å²) in [7, 11) is 1.59. The second-order valence-electron chi connectivity index (χ2n) is 24.6. The summed E-state index contributed by atoms with van der Waals surface area (Å²) >= 11 is 0. The van der Waals surface area contributed by atoms with Crippen LogP contribution in [0.25, 0.3) is 0 Å². The Morgan fingerprint density at radius 1 is 0.436 bits per heavy atom. The van der Waals surface area contributed by atoms with Gasteiger partial charge >= 0.3 is 7.82 Å². The van der Waals surface area contributed by atoms with Gasteiger partial charge in [0.25, 0.3) is 0 Å². The first kappa shape index (κ1) is 76.5. The van der Waals surface area contributed by atoms with Gasteiger partial charge in [-0.1, -0.05) is 319 Å². The molecule has 0 aliphatic carbocycles. The van der Waals surface area contributed by atoms with Gasteiger partial charge in [-0.05, 0) is 57.8 Å². The lowest BCUT2D eigenvalue weighted by Gasteiger charge is -2.25. The van der Waals surface area contributed by atoms with Crippen molar-refractivity contribution in [2.24, 2.45) is 0 Å². The van der Waals surface area contributed by atoms with Gasteiger partial charge in [0.2, 0.25) is 5.91 Å². The molecule has 0 saturated carbocycles. The normalized spacial score (nSPS) is 14.0. The fourth-order valence-corrected chi connectivity index (χ4v) is 11.0. The minimum atomic E-state index is -4.35. The van der Waals surface area contributed by atoms with E-state index in [0.29, 0.717) is 17.4 Å². The maximum Gasteiger partial charge on any atom is 0.472 e. The molecule has 3 unspecified atom stereocenters. The third-order valence-electron chi connectivity index (χ3n) is 15.5. The second-order valence-corrected chi connectivity index (χ2v) is 26.0. The van der Waals surface area contributed by atoms with Gasteiger partial charge in [-0.15, -0.1) is 0 Å². The number of carbonyl (C=O) groups is 1. The molecular weight excluding hydrogens is 984 g/mol. The van der Waals surface area contributed by atoms with E-state index in [-0.39, 0.29) is 19.1 Å². The number of amides is 1. The Labute approximate surface area is 486 Å². The van der Waals surface area contributed by atoms with Gasteiger partial charge in [0.15, 0.2) is 0 Å². The van der Waals surface area contributed by atoms with Crippen molar-refractivity contribution in [3.8, 4) is 0 Å². The van der Waals surface area contributed by atoms with Crippen molar-refractivity contribution in [1.82, 2.24) is 5.32 Å². The zero-order chi connectivity index (χ0) is 57.0. The Morgan fingerprint density at radius 3 is 1.06 bits per heavy atom. The summed E-state index contributed by atoms with van der Waals surface area (Å²) in [6.07, 6.45) is 81.0. The van der Waals surface area contributed by atoms with Gasteiger partial charge in [-0.3, -0.25) is 13.8 Å². The monoisotopic (exact) mass is 1120 g/mol. The highest BCUT2D eigenvalue weighted by atomic mass is 31.2. The van der Waals surface area contributed by atoms with Gasteiger partial charge in [0, 0.05) is 6.42 Å². The van der Waals surface area contributed by atoms with E-state index in [9.17, 15) is 19.4 Å². The Hall–Kier alpha value is -1.54. The molecule has 0 aliphatic rings. The summed E-state index contributed by atoms with van der Waals surface area (Å²) in [5, 5.41) is 14.0. The van der Waals surface area contributed by atoms with Crippen molar-refractivity contribution >= 4 is 13.7 Å². The molecule has 0 aromatic carbocycles. The highest BCUT2D eigenvalue weighted by Crippen LogP contribution is 2.43. The Balaban J connectivity index is 4.05. The van der Waals surface area contributed by atoms with E-state index in [4.69, 9.17) is 9.05 Å². The number of likely N-dealkylation sites (N-methyl/N-ethyl adjacent to an activating group) is 1. The first-order chi connectivity index (χ1) is 38.0. The largest absolute Gasteiger partial charge is 0.472 e. The second kappa shape index (κ2) is 60.1. The number of hydrogen-bond acceptors (Lipinski definition) is 5. The fraction of sp³-hybridized carbons (Fsp3) is 0.870. The first-order valence-corrected chi connectivity index (χ1v) is 35.5. The zero-order valence-electron chi connectivity index (χ0n) is 52.7. The Morgan fingerprint density at radius 2 is 0.731 bits per heavy atom. The van der Waals surface area contributed by atoms with Crippen molar-refractivity contribution in [2.45, 2.75) is 347 Å². The van der Waals surface area contributed by atoms with E-state index in [0.717, 1.165) is 51.4 Å². The van der Waals surface area contributed by atoms with Crippen LogP contribution in [0, 0.1) is 0 Å². The third kappa shape index (κ3) is 62.1. The molecule has 3 N–H and O–H groups in total. The highest BCUT2D eigenvalue weighted by molar-refractivity contribution is 7.47. The van der Waals surface area contributed by atoms with Crippen molar-refractivity contribution in [3.05, 3.63) is 48.6 Å². The standard InChI is InChI=1S/C69H133N2O6P/c1-6-8-10-12-14-16-18-20-22-24-26-28-30-31-32-33-34-35-36-37-38-39-41-43-45-47-49-51-53-55-57-59-61-63-69(73)70-67(66-77-78(74,75)76-65-64-71(3,4)5)68(72)62-60-58-56-54-52-50-48-46-44-42-40-29-27-25-23-21-19-17-15-13-11-9-7-2/h18,20,24,26,30-31,60,62,67-68,72H,6-17,19,21-23,25,27-29,32-59,61,63-66H2,1-5H3,(H-,70,73,74,75)/p+1/b20-18-,26-24-,31-30-,62-60+. The highest BCUT2D eigenvalue weighted by Gasteiger charge is 2.28. The lowest BCUT2D eigenvalue weighted by molar-refractivity contribution is -0.870. The zero-order valence-corrected chi connectivity index (χ0v) is 53.6. The van der Waals surface area contributed by atoms with Crippen LogP contribution in [0.5, 0.6) is 0 Å². The van der Waals surface area contributed by atoms with Gasteiger partial charge in [0.1, 0.15) is 13.2 Å². The van der Waals surface area contributed by atoms with E-state index in [1.54, 1.807) is 6.08 Å². The molecule has 0 bridgehead atoms. The maximum atomic E-state index is 13.0. The maximum absolute atomic E-state index is 13.0. The molecule has 0 spiro atoms. The summed E-state index contributed by atoms with van der Waals surface area (Å²) in [5.74, 6) is -0.172. The molecule has 0 fully saturated rings. The molecule has 0 radical (unpaired) electrons. The summed E-state index contributed by atoms with van der Waals surface area (Å²) < 4.78 is 23.8. The van der Waals surface area contributed by atoms with E-state index in [1.165, 1.54) is 263 Å². The Kier molecular flexibility index (Phi) is 58.9. The number of unbranched alkanes of at least 4 members (excludes halogenated alkanes) is 44. The van der Waals surface area contributed by atoms with Crippen LogP contribution in [-0.4, -0.2) is 73.4 Å². The number of phosphoric ester groups is 1. The van der Waals surface area contributed by atoms with Crippen LogP contribution < -0.4 is 5.32 Å². The third-order valence-corrected chi connectivity index (χ3v) is 16.5.